The van der Waals surface area contributed by atoms with Crippen molar-refractivity contribution in [3.8, 4) is 5.75 Å². The number of halogens is 1. The van der Waals surface area contributed by atoms with Crippen LogP contribution in [0.5, 0.6) is 5.75 Å². The first-order valence-electron chi connectivity index (χ1n) is 4.36. The molecule has 0 aliphatic carbocycles. The Morgan fingerprint density at radius 2 is 2.06 bits per heavy atom. The fourth-order valence-corrected chi connectivity index (χ4v) is 1.40. The zero-order chi connectivity index (χ0) is 12.3. The van der Waals surface area contributed by atoms with Crippen LogP contribution in [0.1, 0.15) is 11.7 Å². The molecule has 0 radical (unpaired) electrons. The van der Waals surface area contributed by atoms with Gasteiger partial charge in [-0.3, -0.25) is 10.1 Å². The van der Waals surface area contributed by atoms with Crippen LogP contribution in [0.15, 0.2) is 18.2 Å². The highest BCUT2D eigenvalue weighted by Gasteiger charge is 2.26. The lowest BCUT2D eigenvalue weighted by molar-refractivity contribution is -0.386. The van der Waals surface area contributed by atoms with Crippen molar-refractivity contribution in [2.45, 2.75) is 12.2 Å². The Morgan fingerprint density at radius 1 is 1.44 bits per heavy atom. The highest BCUT2D eigenvalue weighted by molar-refractivity contribution is 6.18. The fraction of sp³-hybridized carbons (Fsp3) is 0.333. The molecule has 2 unspecified atom stereocenters. The van der Waals surface area contributed by atoms with Gasteiger partial charge in [0, 0.05) is 0 Å². The van der Waals surface area contributed by atoms with Crippen molar-refractivity contribution in [3.05, 3.63) is 33.9 Å². The van der Waals surface area contributed by atoms with Gasteiger partial charge in [-0.15, -0.1) is 11.6 Å². The third-order valence-corrected chi connectivity index (χ3v) is 2.37. The molecule has 16 heavy (non-hydrogen) atoms. The van der Waals surface area contributed by atoms with E-state index in [-0.39, 0.29) is 17.2 Å². The van der Waals surface area contributed by atoms with Gasteiger partial charge in [0.15, 0.2) is 0 Å². The molecule has 0 bridgehead atoms. The number of hydrogen-bond donors (Lipinski definition) is 3. The van der Waals surface area contributed by atoms with Gasteiger partial charge in [0.05, 0.1) is 28.5 Å². The van der Waals surface area contributed by atoms with E-state index >= 15 is 0 Å². The number of phenolic OH excluding ortho intramolecular Hbond substituents is 1. The zero-order valence-electron chi connectivity index (χ0n) is 8.08. The highest BCUT2D eigenvalue weighted by atomic mass is 35.5. The molecular formula is C9H10ClNO5. The third kappa shape index (κ3) is 2.60. The van der Waals surface area contributed by atoms with Gasteiger partial charge in [0.25, 0.3) is 5.69 Å². The van der Waals surface area contributed by atoms with Crippen LogP contribution in [-0.2, 0) is 0 Å². The van der Waals surface area contributed by atoms with Crippen molar-refractivity contribution < 1.29 is 20.2 Å². The number of benzene rings is 1. The molecule has 0 saturated carbocycles. The van der Waals surface area contributed by atoms with Gasteiger partial charge >= 0.3 is 0 Å². The molecule has 0 saturated heterocycles. The minimum atomic E-state index is -1.46. The number of phenols is 1. The number of aliphatic hydroxyl groups excluding tert-OH is 2. The van der Waals surface area contributed by atoms with Crippen LogP contribution in [0.25, 0.3) is 0 Å². The lowest BCUT2D eigenvalue weighted by Crippen LogP contribution is -2.20. The van der Waals surface area contributed by atoms with Crippen molar-refractivity contribution in [2.75, 3.05) is 5.88 Å². The number of nitro groups is 1. The summed E-state index contributed by atoms with van der Waals surface area (Å²) >= 11 is 5.33. The molecule has 1 rings (SSSR count). The summed E-state index contributed by atoms with van der Waals surface area (Å²) in [6, 6.07) is 3.26. The van der Waals surface area contributed by atoms with E-state index in [0.717, 1.165) is 6.07 Å². The lowest BCUT2D eigenvalue weighted by atomic mass is 10.0. The summed E-state index contributed by atoms with van der Waals surface area (Å²) in [5.74, 6) is -0.540. The number of nitro benzene ring substituents is 1. The molecule has 1 aromatic rings. The predicted molar refractivity (Wildman–Crippen MR) is 56.4 cm³/mol. The Balaban J connectivity index is 3.17. The van der Waals surface area contributed by atoms with Crippen LogP contribution in [0.2, 0.25) is 0 Å². The Hall–Kier alpha value is -1.37. The first-order valence-corrected chi connectivity index (χ1v) is 4.90. The van der Waals surface area contributed by atoms with Crippen molar-refractivity contribution in [3.63, 3.8) is 0 Å². The summed E-state index contributed by atoms with van der Waals surface area (Å²) in [5.41, 5.74) is -0.549. The second-order valence-corrected chi connectivity index (χ2v) is 3.48. The van der Waals surface area contributed by atoms with E-state index in [0.29, 0.717) is 0 Å². The molecule has 0 spiro atoms. The molecule has 2 atom stereocenters. The SMILES string of the molecule is O=[N+]([O-])c1cc(O)ccc1C(O)C(O)CCl. The zero-order valence-corrected chi connectivity index (χ0v) is 8.83. The maximum atomic E-state index is 10.7. The molecule has 3 N–H and O–H groups in total. The van der Waals surface area contributed by atoms with Crippen molar-refractivity contribution in [1.82, 2.24) is 0 Å². The second-order valence-electron chi connectivity index (χ2n) is 3.17. The molecular weight excluding hydrogens is 238 g/mol. The number of nitrogens with zero attached hydrogens (tertiary/aromatic N) is 1. The third-order valence-electron chi connectivity index (χ3n) is 2.05. The van der Waals surface area contributed by atoms with Crippen LogP contribution in [0.3, 0.4) is 0 Å². The largest absolute Gasteiger partial charge is 0.508 e. The van der Waals surface area contributed by atoms with E-state index in [9.17, 15) is 20.3 Å². The molecule has 7 heteroatoms. The molecule has 0 aliphatic heterocycles. The number of hydrogen-bond acceptors (Lipinski definition) is 5. The van der Waals surface area contributed by atoms with E-state index in [1.54, 1.807) is 0 Å². The topological polar surface area (TPSA) is 104 Å². The Morgan fingerprint density at radius 3 is 2.56 bits per heavy atom. The summed E-state index contributed by atoms with van der Waals surface area (Å²) in [4.78, 5) is 9.91. The summed E-state index contributed by atoms with van der Waals surface area (Å²) in [6.07, 6.45) is -2.76. The van der Waals surface area contributed by atoms with Gasteiger partial charge in [0.1, 0.15) is 11.9 Å². The van der Waals surface area contributed by atoms with Crippen LogP contribution < -0.4 is 0 Å². The molecule has 0 aliphatic rings. The van der Waals surface area contributed by atoms with Gasteiger partial charge < -0.3 is 15.3 Å². The smallest absolute Gasteiger partial charge is 0.278 e. The normalized spacial score (nSPS) is 14.4. The molecule has 6 nitrogen and oxygen atoms in total. The first kappa shape index (κ1) is 12.7. The predicted octanol–water partition coefficient (Wildman–Crippen LogP) is 0.933. The molecule has 0 fully saturated rings. The van der Waals surface area contributed by atoms with Crippen molar-refractivity contribution in [2.24, 2.45) is 0 Å². The van der Waals surface area contributed by atoms with E-state index < -0.39 is 22.8 Å². The van der Waals surface area contributed by atoms with Crippen molar-refractivity contribution in [1.29, 1.82) is 0 Å². The van der Waals surface area contributed by atoms with Gasteiger partial charge in [-0.2, -0.15) is 0 Å². The number of rotatable bonds is 4. The number of aromatic hydroxyl groups is 1. The summed E-state index contributed by atoms with van der Waals surface area (Å²) in [5, 5.41) is 38.6. The summed E-state index contributed by atoms with van der Waals surface area (Å²) < 4.78 is 0. The monoisotopic (exact) mass is 247 g/mol. The Bertz CT molecular complexity index is 397. The summed E-state index contributed by atoms with van der Waals surface area (Å²) in [7, 11) is 0. The van der Waals surface area contributed by atoms with E-state index in [2.05, 4.69) is 0 Å². The summed E-state index contributed by atoms with van der Waals surface area (Å²) in [6.45, 7) is 0. The second kappa shape index (κ2) is 5.11. The fourth-order valence-electron chi connectivity index (χ4n) is 1.23. The average Bonchev–Trinajstić information content (AvgIpc) is 2.26. The van der Waals surface area contributed by atoms with Gasteiger partial charge in [-0.25, -0.2) is 0 Å². The van der Waals surface area contributed by atoms with Crippen LogP contribution >= 0.6 is 11.6 Å². The number of alkyl halides is 1. The standard InChI is InChI=1S/C9H10ClNO5/c10-4-8(13)9(14)6-2-1-5(12)3-7(6)11(15)16/h1-3,8-9,12-14H,4H2. The van der Waals surface area contributed by atoms with E-state index in [4.69, 9.17) is 16.7 Å². The maximum Gasteiger partial charge on any atom is 0.278 e. The number of aliphatic hydroxyl groups is 2. The van der Waals surface area contributed by atoms with Crippen molar-refractivity contribution >= 4 is 17.3 Å². The van der Waals surface area contributed by atoms with Crippen LogP contribution in [0, 0.1) is 10.1 Å². The van der Waals surface area contributed by atoms with Gasteiger partial charge in [-0.1, -0.05) is 0 Å². The molecule has 0 aromatic heterocycles. The molecule has 0 heterocycles. The van der Waals surface area contributed by atoms with E-state index in [1.807, 2.05) is 0 Å². The molecule has 88 valence electrons. The Labute approximate surface area is 95.9 Å². The lowest BCUT2D eigenvalue weighted by Gasteiger charge is -2.15. The minimum absolute atomic E-state index is 0.0871. The Kier molecular flexibility index (Phi) is 4.05. The average molecular weight is 248 g/mol. The van der Waals surface area contributed by atoms with E-state index in [1.165, 1.54) is 12.1 Å². The van der Waals surface area contributed by atoms with Gasteiger partial charge in [-0.05, 0) is 12.1 Å². The highest BCUT2D eigenvalue weighted by Crippen LogP contribution is 2.30. The minimum Gasteiger partial charge on any atom is -0.508 e. The molecule has 0 amide bonds. The maximum absolute atomic E-state index is 10.7. The quantitative estimate of drug-likeness (QED) is 0.417. The van der Waals surface area contributed by atoms with Gasteiger partial charge in [0.2, 0.25) is 0 Å². The van der Waals surface area contributed by atoms with Crippen LogP contribution in [-0.4, -0.2) is 32.2 Å². The molecule has 1 aromatic carbocycles. The first-order chi connectivity index (χ1) is 7.47. The van der Waals surface area contributed by atoms with Crippen LogP contribution in [0.4, 0.5) is 5.69 Å².